The number of aromatic nitrogens is 2. The highest BCUT2D eigenvalue weighted by atomic mass is 19.4. The lowest BCUT2D eigenvalue weighted by Gasteiger charge is -2.13. The summed E-state index contributed by atoms with van der Waals surface area (Å²) in [6, 6.07) is 6.82. The number of halogens is 3. The van der Waals surface area contributed by atoms with Gasteiger partial charge >= 0.3 is 6.18 Å². The number of rotatable bonds is 4. The molecule has 0 unspecified atom stereocenters. The van der Waals surface area contributed by atoms with E-state index in [1.165, 1.54) is 6.07 Å². The van der Waals surface area contributed by atoms with Crippen LogP contribution in [0.3, 0.4) is 0 Å². The number of nitrogens with one attached hydrogen (secondary N) is 2. The van der Waals surface area contributed by atoms with E-state index in [2.05, 4.69) is 20.6 Å². The van der Waals surface area contributed by atoms with Crippen molar-refractivity contribution < 1.29 is 13.2 Å². The average molecular weight is 310 g/mol. The lowest BCUT2D eigenvalue weighted by molar-refractivity contribution is -0.137. The number of hydrogen-bond acceptors (Lipinski definition) is 4. The Morgan fingerprint density at radius 2 is 1.82 bits per heavy atom. The standard InChI is InChI=1S/C15H17F3N4/c1-9(2)19-14-20-10(3)7-13(22-14)21-12-6-4-5-11(8-12)15(16,17)18/h4-9H,1-3H3,(H2,19,20,21,22). The SMILES string of the molecule is Cc1cc(Nc2cccc(C(F)(F)F)c2)nc(NC(C)C)n1. The number of benzene rings is 1. The van der Waals surface area contributed by atoms with Gasteiger partial charge in [0.05, 0.1) is 5.56 Å². The minimum atomic E-state index is -4.37. The van der Waals surface area contributed by atoms with Crippen molar-refractivity contribution >= 4 is 17.5 Å². The van der Waals surface area contributed by atoms with Gasteiger partial charge < -0.3 is 10.6 Å². The third-order valence-corrected chi connectivity index (χ3v) is 2.73. The molecule has 2 aromatic rings. The number of nitrogens with zero attached hydrogens (tertiary/aromatic N) is 2. The van der Waals surface area contributed by atoms with E-state index in [1.807, 2.05) is 13.8 Å². The third kappa shape index (κ3) is 4.34. The maximum Gasteiger partial charge on any atom is 0.416 e. The van der Waals surface area contributed by atoms with Gasteiger partial charge in [-0.15, -0.1) is 0 Å². The second-order valence-electron chi connectivity index (χ2n) is 5.22. The molecule has 0 radical (unpaired) electrons. The van der Waals surface area contributed by atoms with Gasteiger partial charge in [-0.1, -0.05) is 6.07 Å². The minimum Gasteiger partial charge on any atom is -0.352 e. The monoisotopic (exact) mass is 310 g/mol. The summed E-state index contributed by atoms with van der Waals surface area (Å²) in [5, 5.41) is 5.94. The van der Waals surface area contributed by atoms with E-state index >= 15 is 0 Å². The van der Waals surface area contributed by atoms with Crippen molar-refractivity contribution in [1.82, 2.24) is 9.97 Å². The second-order valence-corrected chi connectivity index (χ2v) is 5.22. The zero-order valence-corrected chi connectivity index (χ0v) is 12.5. The molecule has 1 aromatic heterocycles. The normalized spacial score (nSPS) is 11.6. The summed E-state index contributed by atoms with van der Waals surface area (Å²) in [7, 11) is 0. The molecule has 1 heterocycles. The molecule has 0 spiro atoms. The van der Waals surface area contributed by atoms with Gasteiger partial charge in [-0.25, -0.2) is 4.98 Å². The van der Waals surface area contributed by atoms with Gasteiger partial charge in [0, 0.05) is 23.5 Å². The average Bonchev–Trinajstić information content (AvgIpc) is 2.36. The van der Waals surface area contributed by atoms with Crippen LogP contribution in [0.4, 0.5) is 30.6 Å². The molecule has 0 fully saturated rings. The van der Waals surface area contributed by atoms with Gasteiger partial charge in [0.2, 0.25) is 5.95 Å². The fourth-order valence-electron chi connectivity index (χ4n) is 1.88. The Hall–Kier alpha value is -2.31. The number of hydrogen-bond donors (Lipinski definition) is 2. The number of alkyl halides is 3. The molecule has 0 amide bonds. The zero-order valence-electron chi connectivity index (χ0n) is 12.5. The second kappa shape index (κ2) is 6.21. The van der Waals surface area contributed by atoms with Crippen molar-refractivity contribution in [2.45, 2.75) is 33.0 Å². The molecule has 4 nitrogen and oxygen atoms in total. The molecule has 0 aliphatic rings. The van der Waals surface area contributed by atoms with Crippen molar-refractivity contribution in [3.8, 4) is 0 Å². The molecule has 7 heteroatoms. The van der Waals surface area contributed by atoms with Gasteiger partial charge in [0.25, 0.3) is 0 Å². The molecule has 0 aliphatic heterocycles. The summed E-state index contributed by atoms with van der Waals surface area (Å²) in [4.78, 5) is 8.48. The fraction of sp³-hybridized carbons (Fsp3) is 0.333. The summed E-state index contributed by atoms with van der Waals surface area (Å²) in [5.74, 6) is 0.874. The Labute approximate surface area is 126 Å². The van der Waals surface area contributed by atoms with Crippen LogP contribution in [0.2, 0.25) is 0 Å². The van der Waals surface area contributed by atoms with Gasteiger partial charge in [-0.05, 0) is 39.0 Å². The van der Waals surface area contributed by atoms with E-state index in [0.29, 0.717) is 23.1 Å². The van der Waals surface area contributed by atoms with Crippen molar-refractivity contribution in [3.63, 3.8) is 0 Å². The molecule has 2 rings (SSSR count). The lowest BCUT2D eigenvalue weighted by atomic mass is 10.2. The molecule has 2 N–H and O–H groups in total. The predicted octanol–water partition coefficient (Wildman–Crippen LogP) is 4.37. The Bertz CT molecular complexity index is 653. The van der Waals surface area contributed by atoms with Crippen molar-refractivity contribution in [2.75, 3.05) is 10.6 Å². The first kappa shape index (κ1) is 16.1. The van der Waals surface area contributed by atoms with Crippen LogP contribution in [0.1, 0.15) is 25.1 Å². The molecule has 0 aliphatic carbocycles. The van der Waals surface area contributed by atoms with Crippen molar-refractivity contribution in [2.24, 2.45) is 0 Å². The van der Waals surface area contributed by atoms with Gasteiger partial charge in [-0.3, -0.25) is 0 Å². The quantitative estimate of drug-likeness (QED) is 0.880. The van der Waals surface area contributed by atoms with Crippen molar-refractivity contribution in [1.29, 1.82) is 0 Å². The Morgan fingerprint density at radius 3 is 2.45 bits per heavy atom. The molecule has 1 aromatic carbocycles. The summed E-state index contributed by atoms with van der Waals surface area (Å²) in [6.45, 7) is 5.70. The summed E-state index contributed by atoms with van der Waals surface area (Å²) in [6.07, 6.45) is -4.37. The molecular formula is C15H17F3N4. The Morgan fingerprint density at radius 1 is 1.09 bits per heavy atom. The predicted molar refractivity (Wildman–Crippen MR) is 80.3 cm³/mol. The van der Waals surface area contributed by atoms with Crippen LogP contribution in [-0.2, 0) is 6.18 Å². The van der Waals surface area contributed by atoms with Crippen LogP contribution < -0.4 is 10.6 Å². The molecule has 0 bridgehead atoms. The van der Waals surface area contributed by atoms with E-state index in [-0.39, 0.29) is 6.04 Å². The summed E-state index contributed by atoms with van der Waals surface area (Å²) >= 11 is 0. The smallest absolute Gasteiger partial charge is 0.352 e. The highest BCUT2D eigenvalue weighted by Gasteiger charge is 2.30. The van der Waals surface area contributed by atoms with Crippen molar-refractivity contribution in [3.05, 3.63) is 41.6 Å². The molecule has 0 saturated heterocycles. The largest absolute Gasteiger partial charge is 0.416 e. The summed E-state index contributed by atoms with van der Waals surface area (Å²) < 4.78 is 38.1. The van der Waals surface area contributed by atoms with Gasteiger partial charge in [0.1, 0.15) is 5.82 Å². The topological polar surface area (TPSA) is 49.8 Å². The minimum absolute atomic E-state index is 0.156. The van der Waals surface area contributed by atoms with Crippen LogP contribution in [0.5, 0.6) is 0 Å². The molecule has 118 valence electrons. The van der Waals surface area contributed by atoms with E-state index in [1.54, 1.807) is 19.1 Å². The van der Waals surface area contributed by atoms with Crippen LogP contribution in [0.25, 0.3) is 0 Å². The van der Waals surface area contributed by atoms with Gasteiger partial charge in [-0.2, -0.15) is 18.2 Å². The Kier molecular flexibility index (Phi) is 4.54. The zero-order chi connectivity index (χ0) is 16.3. The van der Waals surface area contributed by atoms with Crippen LogP contribution in [-0.4, -0.2) is 16.0 Å². The first-order valence-electron chi connectivity index (χ1n) is 6.80. The third-order valence-electron chi connectivity index (χ3n) is 2.73. The van der Waals surface area contributed by atoms with E-state index in [0.717, 1.165) is 12.1 Å². The van der Waals surface area contributed by atoms with E-state index in [4.69, 9.17) is 0 Å². The first-order chi connectivity index (χ1) is 10.2. The van der Waals surface area contributed by atoms with Crippen LogP contribution in [0.15, 0.2) is 30.3 Å². The van der Waals surface area contributed by atoms with E-state index in [9.17, 15) is 13.2 Å². The first-order valence-corrected chi connectivity index (χ1v) is 6.80. The highest BCUT2D eigenvalue weighted by molar-refractivity contribution is 5.58. The van der Waals surface area contributed by atoms with Crippen LogP contribution >= 0.6 is 0 Å². The maximum absolute atomic E-state index is 12.7. The number of anilines is 3. The molecule has 0 saturated carbocycles. The van der Waals surface area contributed by atoms with Gasteiger partial charge in [0.15, 0.2) is 0 Å². The lowest BCUT2D eigenvalue weighted by Crippen LogP contribution is -2.13. The number of aryl methyl sites for hydroxylation is 1. The highest BCUT2D eigenvalue weighted by Crippen LogP contribution is 2.31. The molecule has 0 atom stereocenters. The molecular weight excluding hydrogens is 293 g/mol. The maximum atomic E-state index is 12.7. The Balaban J connectivity index is 2.25. The molecule has 22 heavy (non-hydrogen) atoms. The fourth-order valence-corrected chi connectivity index (χ4v) is 1.88. The van der Waals surface area contributed by atoms with Crippen LogP contribution in [0, 0.1) is 6.92 Å². The summed E-state index contributed by atoms with van der Waals surface area (Å²) in [5.41, 5.74) is 0.333. The van der Waals surface area contributed by atoms with E-state index < -0.39 is 11.7 Å².